The van der Waals surface area contributed by atoms with E-state index in [1.165, 1.54) is 16.9 Å². The fraction of sp³-hybridized carbons (Fsp3) is 0.333. The number of phenols is 1. The first kappa shape index (κ1) is 22.9. The van der Waals surface area contributed by atoms with Crippen molar-refractivity contribution in [2.45, 2.75) is 38.8 Å². The number of aliphatic hydroxyl groups is 1. The summed E-state index contributed by atoms with van der Waals surface area (Å²) in [4.78, 5) is 0. The highest BCUT2D eigenvalue weighted by atomic mass is 32.1. The maximum atomic E-state index is 10.3. The minimum Gasteiger partial charge on any atom is -0.508 e. The lowest BCUT2D eigenvalue weighted by Crippen LogP contribution is -2.36. The molecule has 7 heteroatoms. The average Bonchev–Trinajstić information content (AvgIpc) is 3.20. The molecule has 6 nitrogen and oxygen atoms in total. The zero-order chi connectivity index (χ0) is 22.1. The standard InChI is InChI=1S/C24H29N3O3S/c1-17(7-8-19-9-12-21(28)13-10-19)25-15-22(29)16-30-23-6-4-3-5-20(23)11-14-24-27-26-18(2)31-24/h3-6,9-14,17,22,25,28-29H,7-8,15-16H2,1-2H3/b14-11+. The summed E-state index contributed by atoms with van der Waals surface area (Å²) in [6.45, 7) is 4.69. The summed E-state index contributed by atoms with van der Waals surface area (Å²) in [6, 6.07) is 15.3. The maximum Gasteiger partial charge on any atom is 0.140 e. The van der Waals surface area contributed by atoms with Crippen LogP contribution in [0.4, 0.5) is 0 Å². The Balaban J connectivity index is 1.42. The molecule has 0 aliphatic carbocycles. The van der Waals surface area contributed by atoms with Crippen LogP contribution in [0.2, 0.25) is 0 Å². The van der Waals surface area contributed by atoms with Gasteiger partial charge in [-0.1, -0.05) is 41.7 Å². The fourth-order valence-electron chi connectivity index (χ4n) is 3.02. The van der Waals surface area contributed by atoms with Gasteiger partial charge >= 0.3 is 0 Å². The first-order chi connectivity index (χ1) is 15.0. The van der Waals surface area contributed by atoms with Gasteiger partial charge in [0.25, 0.3) is 0 Å². The van der Waals surface area contributed by atoms with Gasteiger partial charge in [-0.15, -0.1) is 10.2 Å². The Morgan fingerprint density at radius 1 is 1.10 bits per heavy atom. The SMILES string of the molecule is Cc1nnc(/C=C/c2ccccc2OCC(O)CNC(C)CCc2ccc(O)cc2)s1. The van der Waals surface area contributed by atoms with E-state index in [-0.39, 0.29) is 18.4 Å². The minimum absolute atomic E-state index is 0.209. The summed E-state index contributed by atoms with van der Waals surface area (Å²) in [6.07, 6.45) is 5.11. The number of aryl methyl sites for hydroxylation is 2. The zero-order valence-corrected chi connectivity index (χ0v) is 18.7. The van der Waals surface area contributed by atoms with E-state index in [2.05, 4.69) is 22.4 Å². The highest BCUT2D eigenvalue weighted by Crippen LogP contribution is 2.21. The zero-order valence-electron chi connectivity index (χ0n) is 17.9. The highest BCUT2D eigenvalue weighted by molar-refractivity contribution is 7.12. The molecule has 2 aromatic carbocycles. The molecule has 2 atom stereocenters. The van der Waals surface area contributed by atoms with E-state index in [1.807, 2.05) is 55.5 Å². The van der Waals surface area contributed by atoms with Crippen molar-refractivity contribution in [3.05, 3.63) is 69.7 Å². The molecule has 0 fully saturated rings. The molecule has 31 heavy (non-hydrogen) atoms. The molecular formula is C24H29N3O3S. The van der Waals surface area contributed by atoms with Crippen molar-refractivity contribution in [1.82, 2.24) is 15.5 Å². The monoisotopic (exact) mass is 439 g/mol. The normalized spacial score (nSPS) is 13.4. The number of phenolic OH excluding ortho intramolecular Hbond substituents is 1. The molecular weight excluding hydrogens is 410 g/mol. The van der Waals surface area contributed by atoms with Crippen LogP contribution in [0.25, 0.3) is 12.2 Å². The molecule has 3 aromatic rings. The fourth-order valence-corrected chi connectivity index (χ4v) is 3.62. The molecule has 0 saturated heterocycles. The minimum atomic E-state index is -0.612. The summed E-state index contributed by atoms with van der Waals surface area (Å²) in [7, 11) is 0. The Labute approximate surface area is 187 Å². The second-order valence-electron chi connectivity index (χ2n) is 7.51. The summed E-state index contributed by atoms with van der Waals surface area (Å²) in [5, 5.41) is 32.9. The van der Waals surface area contributed by atoms with Gasteiger partial charge in [-0.05, 0) is 62.6 Å². The van der Waals surface area contributed by atoms with Gasteiger partial charge in [0.05, 0.1) is 0 Å². The second-order valence-corrected chi connectivity index (χ2v) is 8.72. The van der Waals surface area contributed by atoms with Gasteiger partial charge in [0.1, 0.15) is 34.2 Å². The van der Waals surface area contributed by atoms with Crippen LogP contribution in [0.1, 0.15) is 34.5 Å². The van der Waals surface area contributed by atoms with Crippen LogP contribution in [0.3, 0.4) is 0 Å². The van der Waals surface area contributed by atoms with Crippen LogP contribution in [0.5, 0.6) is 11.5 Å². The maximum absolute atomic E-state index is 10.3. The van der Waals surface area contributed by atoms with Gasteiger partial charge in [0.15, 0.2) is 0 Å². The van der Waals surface area contributed by atoms with E-state index in [1.54, 1.807) is 12.1 Å². The van der Waals surface area contributed by atoms with Crippen LogP contribution in [-0.4, -0.2) is 45.7 Å². The number of benzene rings is 2. The number of nitrogens with one attached hydrogen (secondary N) is 1. The van der Waals surface area contributed by atoms with E-state index in [9.17, 15) is 10.2 Å². The predicted octanol–water partition coefficient (Wildman–Crippen LogP) is 4.07. The molecule has 0 bridgehead atoms. The van der Waals surface area contributed by atoms with Crippen LogP contribution < -0.4 is 10.1 Å². The van der Waals surface area contributed by atoms with Crippen molar-refractivity contribution < 1.29 is 14.9 Å². The number of ether oxygens (including phenoxy) is 1. The Kier molecular flexibility index (Phi) is 8.58. The van der Waals surface area contributed by atoms with Crippen molar-refractivity contribution in [2.75, 3.05) is 13.2 Å². The predicted molar refractivity (Wildman–Crippen MR) is 125 cm³/mol. The van der Waals surface area contributed by atoms with Gasteiger partial charge in [0.2, 0.25) is 0 Å². The van der Waals surface area contributed by atoms with Gasteiger partial charge in [-0.2, -0.15) is 0 Å². The number of hydrogen-bond acceptors (Lipinski definition) is 7. The lowest BCUT2D eigenvalue weighted by atomic mass is 10.1. The third-order valence-electron chi connectivity index (χ3n) is 4.80. The lowest BCUT2D eigenvalue weighted by Gasteiger charge is -2.18. The molecule has 0 spiro atoms. The number of aliphatic hydroxyl groups excluding tert-OH is 1. The van der Waals surface area contributed by atoms with E-state index < -0.39 is 6.10 Å². The number of hydrogen-bond donors (Lipinski definition) is 3. The van der Waals surface area contributed by atoms with Crippen molar-refractivity contribution in [3.63, 3.8) is 0 Å². The van der Waals surface area contributed by atoms with Crippen molar-refractivity contribution in [2.24, 2.45) is 0 Å². The van der Waals surface area contributed by atoms with Gasteiger partial charge < -0.3 is 20.3 Å². The molecule has 1 aromatic heterocycles. The molecule has 0 amide bonds. The van der Waals surface area contributed by atoms with Crippen LogP contribution in [0.15, 0.2) is 48.5 Å². The van der Waals surface area contributed by atoms with Crippen LogP contribution in [-0.2, 0) is 6.42 Å². The molecule has 0 radical (unpaired) electrons. The van der Waals surface area contributed by atoms with Gasteiger partial charge in [0, 0.05) is 18.2 Å². The topological polar surface area (TPSA) is 87.5 Å². The molecule has 0 saturated carbocycles. The smallest absolute Gasteiger partial charge is 0.140 e. The van der Waals surface area contributed by atoms with Gasteiger partial charge in [-0.3, -0.25) is 0 Å². The lowest BCUT2D eigenvalue weighted by molar-refractivity contribution is 0.104. The molecule has 0 aliphatic rings. The summed E-state index contributed by atoms with van der Waals surface area (Å²) in [5.74, 6) is 1.00. The van der Waals surface area contributed by atoms with E-state index in [0.717, 1.165) is 34.2 Å². The van der Waals surface area contributed by atoms with Gasteiger partial charge in [-0.25, -0.2) is 0 Å². The number of rotatable bonds is 11. The highest BCUT2D eigenvalue weighted by Gasteiger charge is 2.10. The number of nitrogens with zero attached hydrogens (tertiary/aromatic N) is 2. The van der Waals surface area contributed by atoms with Crippen LogP contribution in [0, 0.1) is 6.92 Å². The second kappa shape index (κ2) is 11.6. The van der Waals surface area contributed by atoms with Crippen molar-refractivity contribution in [1.29, 1.82) is 0 Å². The molecule has 1 heterocycles. The van der Waals surface area contributed by atoms with E-state index in [0.29, 0.717) is 6.54 Å². The average molecular weight is 440 g/mol. The van der Waals surface area contributed by atoms with Crippen molar-refractivity contribution >= 4 is 23.5 Å². The number of aromatic hydroxyl groups is 1. The largest absolute Gasteiger partial charge is 0.508 e. The molecule has 3 N–H and O–H groups in total. The van der Waals surface area contributed by atoms with E-state index in [4.69, 9.17) is 4.74 Å². The first-order valence-electron chi connectivity index (χ1n) is 10.4. The summed E-state index contributed by atoms with van der Waals surface area (Å²) < 4.78 is 5.87. The Bertz CT molecular complexity index is 972. The number of aromatic nitrogens is 2. The van der Waals surface area contributed by atoms with Crippen molar-refractivity contribution in [3.8, 4) is 11.5 Å². The summed E-state index contributed by atoms with van der Waals surface area (Å²) >= 11 is 1.53. The quantitative estimate of drug-likeness (QED) is 0.417. The molecule has 3 rings (SSSR count). The first-order valence-corrected chi connectivity index (χ1v) is 11.2. The number of para-hydroxylation sites is 1. The Morgan fingerprint density at radius 2 is 1.87 bits per heavy atom. The molecule has 2 unspecified atom stereocenters. The summed E-state index contributed by atoms with van der Waals surface area (Å²) in [5.41, 5.74) is 2.11. The van der Waals surface area contributed by atoms with Crippen LogP contribution >= 0.6 is 11.3 Å². The Morgan fingerprint density at radius 3 is 2.61 bits per heavy atom. The Hall–Kier alpha value is -2.74. The molecule has 0 aliphatic heterocycles. The third-order valence-corrected chi connectivity index (χ3v) is 5.61. The van der Waals surface area contributed by atoms with E-state index >= 15 is 0 Å². The molecule has 164 valence electrons. The third kappa shape index (κ3) is 7.79.